The van der Waals surface area contributed by atoms with Crippen LogP contribution < -0.4 is 4.74 Å². The summed E-state index contributed by atoms with van der Waals surface area (Å²) in [5.41, 5.74) is 2.40. The molecule has 2 aromatic rings. The van der Waals surface area contributed by atoms with Crippen LogP contribution in [0.5, 0.6) is 5.75 Å². The number of H-pyrrole nitrogens is 1. The van der Waals surface area contributed by atoms with Gasteiger partial charge in [0, 0.05) is 6.54 Å². The molecule has 1 unspecified atom stereocenters. The molecule has 3 nitrogen and oxygen atoms in total. The molecule has 0 radical (unpaired) electrons. The molecule has 0 aliphatic carbocycles. The maximum absolute atomic E-state index is 5.82. The first kappa shape index (κ1) is 16.1. The van der Waals surface area contributed by atoms with Crippen LogP contribution in [0.2, 0.25) is 0 Å². The van der Waals surface area contributed by atoms with Gasteiger partial charge < -0.3 is 14.3 Å². The average Bonchev–Trinajstić information content (AvgIpc) is 2.72. The molecule has 0 saturated heterocycles. The van der Waals surface area contributed by atoms with E-state index in [0.717, 1.165) is 41.1 Å². The first-order chi connectivity index (χ1) is 9.84. The SMILES string of the molecule is CCCOc1cccc2c1[nH]c(=S)n2CC(C)C(C)(C)C. The largest absolute Gasteiger partial charge is 0.491 e. The molecule has 21 heavy (non-hydrogen) atoms. The van der Waals surface area contributed by atoms with Gasteiger partial charge in [-0.2, -0.15) is 0 Å². The average molecular weight is 306 g/mol. The van der Waals surface area contributed by atoms with Crippen molar-refractivity contribution in [1.82, 2.24) is 9.55 Å². The van der Waals surface area contributed by atoms with Crippen LogP contribution in [0.1, 0.15) is 41.0 Å². The fraction of sp³-hybridized carbons (Fsp3) is 0.588. The van der Waals surface area contributed by atoms with E-state index in [1.807, 2.05) is 12.1 Å². The van der Waals surface area contributed by atoms with Crippen LogP contribution in [0.4, 0.5) is 0 Å². The Hall–Kier alpha value is -1.29. The number of para-hydroxylation sites is 1. The molecule has 1 aromatic heterocycles. The highest BCUT2D eigenvalue weighted by molar-refractivity contribution is 7.71. The number of ether oxygens (including phenoxy) is 1. The summed E-state index contributed by atoms with van der Waals surface area (Å²) in [4.78, 5) is 3.31. The lowest BCUT2D eigenvalue weighted by molar-refractivity contribution is 0.234. The van der Waals surface area contributed by atoms with E-state index in [4.69, 9.17) is 17.0 Å². The third-order valence-electron chi connectivity index (χ3n) is 4.17. The van der Waals surface area contributed by atoms with Gasteiger partial charge in [-0.15, -0.1) is 0 Å². The first-order valence-corrected chi connectivity index (χ1v) is 8.09. The predicted molar refractivity (Wildman–Crippen MR) is 91.5 cm³/mol. The number of fused-ring (bicyclic) bond motifs is 1. The number of hydrogen-bond donors (Lipinski definition) is 1. The van der Waals surface area contributed by atoms with Crippen molar-refractivity contribution < 1.29 is 4.74 Å². The van der Waals surface area contributed by atoms with Crippen molar-refractivity contribution in [3.63, 3.8) is 0 Å². The summed E-state index contributed by atoms with van der Waals surface area (Å²) >= 11 is 5.52. The van der Waals surface area contributed by atoms with Crippen molar-refractivity contribution in [2.24, 2.45) is 11.3 Å². The van der Waals surface area contributed by atoms with Gasteiger partial charge in [-0.05, 0) is 42.1 Å². The van der Waals surface area contributed by atoms with Crippen LogP contribution in [0.15, 0.2) is 18.2 Å². The first-order valence-electron chi connectivity index (χ1n) is 7.69. The van der Waals surface area contributed by atoms with Crippen LogP contribution in [-0.4, -0.2) is 16.2 Å². The molecule has 0 amide bonds. The van der Waals surface area contributed by atoms with E-state index in [1.165, 1.54) is 0 Å². The molecule has 0 spiro atoms. The van der Waals surface area contributed by atoms with Crippen molar-refractivity contribution >= 4 is 23.3 Å². The molecule has 116 valence electrons. The van der Waals surface area contributed by atoms with E-state index < -0.39 is 0 Å². The molecule has 0 aliphatic heterocycles. The number of aromatic nitrogens is 2. The summed E-state index contributed by atoms with van der Waals surface area (Å²) in [6.45, 7) is 12.8. The molecule has 0 bridgehead atoms. The van der Waals surface area contributed by atoms with Crippen molar-refractivity contribution in [3.8, 4) is 5.75 Å². The van der Waals surface area contributed by atoms with Crippen molar-refractivity contribution in [2.75, 3.05) is 6.61 Å². The molecule has 2 rings (SSSR count). The number of hydrogen-bond acceptors (Lipinski definition) is 2. The molecule has 0 fully saturated rings. The lowest BCUT2D eigenvalue weighted by Crippen LogP contribution is -2.22. The third-order valence-corrected chi connectivity index (χ3v) is 4.49. The van der Waals surface area contributed by atoms with Crippen LogP contribution >= 0.6 is 12.2 Å². The van der Waals surface area contributed by atoms with Crippen LogP contribution in [-0.2, 0) is 6.54 Å². The molecule has 1 atom stereocenters. The second-order valence-electron chi connectivity index (χ2n) is 6.81. The Morgan fingerprint density at radius 2 is 2.05 bits per heavy atom. The third kappa shape index (κ3) is 3.49. The zero-order valence-electron chi connectivity index (χ0n) is 13.7. The smallest absolute Gasteiger partial charge is 0.178 e. The number of imidazole rings is 1. The van der Waals surface area contributed by atoms with Gasteiger partial charge in [0.2, 0.25) is 0 Å². The van der Waals surface area contributed by atoms with Gasteiger partial charge in [-0.3, -0.25) is 0 Å². The lowest BCUT2D eigenvalue weighted by atomic mass is 9.82. The summed E-state index contributed by atoms with van der Waals surface area (Å²) in [7, 11) is 0. The maximum Gasteiger partial charge on any atom is 0.178 e. The quantitative estimate of drug-likeness (QED) is 0.772. The summed E-state index contributed by atoms with van der Waals surface area (Å²) in [5.74, 6) is 1.42. The van der Waals surface area contributed by atoms with Crippen molar-refractivity contribution in [3.05, 3.63) is 23.0 Å². The number of rotatable bonds is 5. The van der Waals surface area contributed by atoms with Gasteiger partial charge in [0.15, 0.2) is 4.77 Å². The normalized spacial score (nSPS) is 13.6. The van der Waals surface area contributed by atoms with E-state index in [1.54, 1.807) is 0 Å². The number of nitrogens with zero attached hydrogens (tertiary/aromatic N) is 1. The minimum Gasteiger partial charge on any atom is -0.491 e. The standard InChI is InChI=1S/C17H26N2OS/c1-6-10-20-14-9-7-8-13-15(14)18-16(21)19(13)11-12(2)17(3,4)5/h7-9,12H,6,10-11H2,1-5H3,(H,18,21). The molecule has 0 aliphatic rings. The highest BCUT2D eigenvalue weighted by Gasteiger charge is 2.21. The number of nitrogens with one attached hydrogen (secondary N) is 1. The Balaban J connectivity index is 2.42. The van der Waals surface area contributed by atoms with E-state index in [2.05, 4.69) is 50.2 Å². The van der Waals surface area contributed by atoms with Gasteiger partial charge >= 0.3 is 0 Å². The van der Waals surface area contributed by atoms with Crippen LogP contribution in [0, 0.1) is 16.1 Å². The molecular formula is C17H26N2OS. The van der Waals surface area contributed by atoms with E-state index in [-0.39, 0.29) is 5.41 Å². The molecule has 4 heteroatoms. The Labute approximate surface area is 132 Å². The molecule has 1 heterocycles. The second-order valence-corrected chi connectivity index (χ2v) is 7.19. The lowest BCUT2D eigenvalue weighted by Gasteiger charge is -2.27. The van der Waals surface area contributed by atoms with Crippen LogP contribution in [0.25, 0.3) is 11.0 Å². The fourth-order valence-corrected chi connectivity index (χ4v) is 2.49. The van der Waals surface area contributed by atoms with Crippen molar-refractivity contribution in [1.29, 1.82) is 0 Å². The minimum absolute atomic E-state index is 0.259. The van der Waals surface area contributed by atoms with E-state index in [9.17, 15) is 0 Å². The molecule has 0 saturated carbocycles. The second kappa shape index (κ2) is 6.22. The van der Waals surface area contributed by atoms with E-state index >= 15 is 0 Å². The Kier molecular flexibility index (Phi) is 4.77. The zero-order valence-corrected chi connectivity index (χ0v) is 14.5. The van der Waals surface area contributed by atoms with Gasteiger partial charge in [-0.1, -0.05) is 40.7 Å². The monoisotopic (exact) mass is 306 g/mol. The maximum atomic E-state index is 5.82. The summed E-state index contributed by atoms with van der Waals surface area (Å²) in [5, 5.41) is 0. The van der Waals surface area contributed by atoms with Gasteiger partial charge in [-0.25, -0.2) is 0 Å². The number of aromatic amines is 1. The highest BCUT2D eigenvalue weighted by Crippen LogP contribution is 2.30. The summed E-state index contributed by atoms with van der Waals surface area (Å²) in [6, 6.07) is 6.14. The van der Waals surface area contributed by atoms with E-state index in [0.29, 0.717) is 5.92 Å². The summed E-state index contributed by atoms with van der Waals surface area (Å²) < 4.78 is 8.78. The Morgan fingerprint density at radius 1 is 1.33 bits per heavy atom. The molecular weight excluding hydrogens is 280 g/mol. The van der Waals surface area contributed by atoms with Crippen LogP contribution in [0.3, 0.4) is 0 Å². The Morgan fingerprint density at radius 3 is 2.67 bits per heavy atom. The molecule has 1 aromatic carbocycles. The van der Waals surface area contributed by atoms with Gasteiger partial charge in [0.25, 0.3) is 0 Å². The van der Waals surface area contributed by atoms with Gasteiger partial charge in [0.05, 0.1) is 12.1 Å². The predicted octanol–water partition coefficient (Wildman–Crippen LogP) is 5.17. The summed E-state index contributed by atoms with van der Waals surface area (Å²) in [6.07, 6.45) is 0.999. The topological polar surface area (TPSA) is 29.9 Å². The van der Waals surface area contributed by atoms with Crippen molar-refractivity contribution in [2.45, 2.75) is 47.6 Å². The highest BCUT2D eigenvalue weighted by atomic mass is 32.1. The fourth-order valence-electron chi connectivity index (χ4n) is 2.22. The zero-order chi connectivity index (χ0) is 15.6. The number of benzene rings is 1. The van der Waals surface area contributed by atoms with Gasteiger partial charge in [0.1, 0.15) is 11.3 Å². The molecule has 1 N–H and O–H groups in total. The minimum atomic E-state index is 0.259. The Bertz CT molecular complexity index is 663.